The quantitative estimate of drug-likeness (QED) is 0.769. The van der Waals surface area contributed by atoms with Crippen LogP contribution >= 0.6 is 0 Å². The number of benzene rings is 2. The van der Waals surface area contributed by atoms with Gasteiger partial charge in [-0.05, 0) is 49.7 Å². The number of ether oxygens (including phenoxy) is 2. The van der Waals surface area contributed by atoms with Gasteiger partial charge in [0.15, 0.2) is 5.75 Å². The maximum absolute atomic E-state index is 12.1. The van der Waals surface area contributed by atoms with Crippen LogP contribution in [-0.4, -0.2) is 18.6 Å². The van der Waals surface area contributed by atoms with Gasteiger partial charge in [0.05, 0.1) is 18.3 Å². The van der Waals surface area contributed by atoms with Crippen LogP contribution in [0.5, 0.6) is 17.2 Å². The van der Waals surface area contributed by atoms with Gasteiger partial charge in [-0.3, -0.25) is 4.79 Å². The Balaban J connectivity index is 2.09. The number of carbonyl (C=O) groups is 1. The van der Waals surface area contributed by atoms with Crippen LogP contribution in [0.2, 0.25) is 0 Å². The van der Waals surface area contributed by atoms with E-state index in [0.717, 1.165) is 12.2 Å². The lowest BCUT2D eigenvalue weighted by atomic mass is 10.1. The normalized spacial score (nSPS) is 11.6. The topological polar surface area (TPSA) is 73.6 Å². The number of para-hydroxylation sites is 2. The first-order valence-electron chi connectivity index (χ1n) is 8.20. The summed E-state index contributed by atoms with van der Waals surface area (Å²) in [4.78, 5) is 12.1. The first-order valence-corrected chi connectivity index (χ1v) is 8.20. The van der Waals surface area contributed by atoms with Crippen molar-refractivity contribution < 1.29 is 14.3 Å². The van der Waals surface area contributed by atoms with E-state index >= 15 is 0 Å². The van der Waals surface area contributed by atoms with Crippen molar-refractivity contribution in [1.29, 1.82) is 0 Å². The van der Waals surface area contributed by atoms with Gasteiger partial charge >= 0.3 is 0 Å². The van der Waals surface area contributed by atoms with Crippen LogP contribution in [0.1, 0.15) is 26.7 Å². The van der Waals surface area contributed by atoms with Gasteiger partial charge < -0.3 is 20.5 Å². The van der Waals surface area contributed by atoms with Crippen molar-refractivity contribution in [3.05, 3.63) is 48.5 Å². The molecule has 2 aromatic carbocycles. The second-order valence-corrected chi connectivity index (χ2v) is 5.39. The maximum Gasteiger partial charge on any atom is 0.241 e. The second-order valence-electron chi connectivity index (χ2n) is 5.39. The van der Waals surface area contributed by atoms with Crippen molar-refractivity contribution in [2.24, 2.45) is 5.73 Å². The SMILES string of the molecule is CCCC(N)C(=O)Nc1ccccc1Oc1ccc(OCC)cc1. The Morgan fingerprint density at radius 1 is 1.08 bits per heavy atom. The summed E-state index contributed by atoms with van der Waals surface area (Å²) in [5.74, 6) is 1.81. The number of nitrogens with one attached hydrogen (secondary N) is 1. The van der Waals surface area contributed by atoms with Crippen molar-refractivity contribution in [3.8, 4) is 17.2 Å². The number of amides is 1. The molecule has 5 nitrogen and oxygen atoms in total. The average molecular weight is 328 g/mol. The second kappa shape index (κ2) is 8.93. The fourth-order valence-corrected chi connectivity index (χ4v) is 2.22. The predicted molar refractivity (Wildman–Crippen MR) is 95.6 cm³/mol. The third kappa shape index (κ3) is 4.99. The molecule has 0 heterocycles. The van der Waals surface area contributed by atoms with E-state index in [1.807, 2.05) is 50.2 Å². The Labute approximate surface area is 142 Å². The Kier molecular flexibility index (Phi) is 6.63. The largest absolute Gasteiger partial charge is 0.494 e. The van der Waals surface area contributed by atoms with E-state index in [-0.39, 0.29) is 5.91 Å². The third-order valence-electron chi connectivity index (χ3n) is 3.44. The standard InChI is InChI=1S/C19H24N2O3/c1-3-7-16(20)19(22)21-17-8-5-6-9-18(17)24-15-12-10-14(11-13-15)23-4-2/h5-6,8-13,16H,3-4,7,20H2,1-2H3,(H,21,22). The highest BCUT2D eigenvalue weighted by atomic mass is 16.5. The molecule has 0 saturated heterocycles. The Bertz CT molecular complexity index is 656. The third-order valence-corrected chi connectivity index (χ3v) is 3.44. The van der Waals surface area contributed by atoms with Crippen molar-refractivity contribution in [2.75, 3.05) is 11.9 Å². The average Bonchev–Trinajstić information content (AvgIpc) is 2.59. The summed E-state index contributed by atoms with van der Waals surface area (Å²) in [6, 6.07) is 14.1. The summed E-state index contributed by atoms with van der Waals surface area (Å²) in [6.45, 7) is 4.55. The van der Waals surface area contributed by atoms with Gasteiger partial charge in [0.1, 0.15) is 11.5 Å². The van der Waals surface area contributed by atoms with Gasteiger partial charge in [-0.15, -0.1) is 0 Å². The molecule has 0 bridgehead atoms. The maximum atomic E-state index is 12.1. The molecular formula is C19H24N2O3. The van der Waals surface area contributed by atoms with Gasteiger partial charge in [-0.1, -0.05) is 25.5 Å². The minimum atomic E-state index is -0.520. The number of carbonyl (C=O) groups excluding carboxylic acids is 1. The van der Waals surface area contributed by atoms with E-state index in [1.54, 1.807) is 12.1 Å². The van der Waals surface area contributed by atoms with E-state index < -0.39 is 6.04 Å². The van der Waals surface area contributed by atoms with Crippen molar-refractivity contribution >= 4 is 11.6 Å². The molecule has 0 aliphatic rings. The van der Waals surface area contributed by atoms with E-state index in [1.165, 1.54) is 0 Å². The number of anilines is 1. The first kappa shape index (κ1) is 17.8. The molecule has 24 heavy (non-hydrogen) atoms. The predicted octanol–water partition coefficient (Wildman–Crippen LogP) is 3.94. The van der Waals surface area contributed by atoms with Crippen LogP contribution in [0.4, 0.5) is 5.69 Å². The molecular weight excluding hydrogens is 304 g/mol. The lowest BCUT2D eigenvalue weighted by molar-refractivity contribution is -0.117. The molecule has 3 N–H and O–H groups in total. The molecule has 0 aromatic heterocycles. The summed E-state index contributed by atoms with van der Waals surface area (Å²) in [7, 11) is 0. The highest BCUT2D eigenvalue weighted by molar-refractivity contribution is 5.95. The van der Waals surface area contributed by atoms with Crippen LogP contribution in [0.25, 0.3) is 0 Å². The van der Waals surface area contributed by atoms with Crippen LogP contribution < -0.4 is 20.5 Å². The Hall–Kier alpha value is -2.53. The number of rotatable bonds is 8. The molecule has 1 unspecified atom stereocenters. The van der Waals surface area contributed by atoms with Crippen LogP contribution in [0.3, 0.4) is 0 Å². The molecule has 1 atom stereocenters. The lowest BCUT2D eigenvalue weighted by Crippen LogP contribution is -2.35. The zero-order valence-corrected chi connectivity index (χ0v) is 14.1. The van der Waals surface area contributed by atoms with Crippen LogP contribution in [0, 0.1) is 0 Å². The van der Waals surface area contributed by atoms with Crippen molar-refractivity contribution in [2.45, 2.75) is 32.7 Å². The van der Waals surface area contributed by atoms with Gasteiger partial charge in [0.25, 0.3) is 0 Å². The van der Waals surface area contributed by atoms with Crippen LogP contribution in [-0.2, 0) is 4.79 Å². The summed E-state index contributed by atoms with van der Waals surface area (Å²) in [5, 5.41) is 2.83. The van der Waals surface area contributed by atoms with Gasteiger partial charge in [0.2, 0.25) is 5.91 Å². The monoisotopic (exact) mass is 328 g/mol. The molecule has 128 valence electrons. The fourth-order valence-electron chi connectivity index (χ4n) is 2.22. The molecule has 2 rings (SSSR count). The van der Waals surface area contributed by atoms with E-state index in [9.17, 15) is 4.79 Å². The van der Waals surface area contributed by atoms with Crippen LogP contribution in [0.15, 0.2) is 48.5 Å². The Morgan fingerprint density at radius 2 is 1.75 bits per heavy atom. The zero-order chi connectivity index (χ0) is 17.4. The fraction of sp³-hybridized carbons (Fsp3) is 0.316. The highest BCUT2D eigenvalue weighted by Gasteiger charge is 2.14. The molecule has 0 saturated carbocycles. The summed E-state index contributed by atoms with van der Waals surface area (Å²) in [6.07, 6.45) is 1.51. The van der Waals surface area contributed by atoms with Crippen molar-refractivity contribution in [3.63, 3.8) is 0 Å². The van der Waals surface area contributed by atoms with Gasteiger partial charge in [-0.2, -0.15) is 0 Å². The van der Waals surface area contributed by atoms with E-state index in [4.69, 9.17) is 15.2 Å². The minimum absolute atomic E-state index is 0.209. The molecule has 2 aromatic rings. The molecule has 5 heteroatoms. The zero-order valence-electron chi connectivity index (χ0n) is 14.1. The van der Waals surface area contributed by atoms with Crippen molar-refractivity contribution in [1.82, 2.24) is 0 Å². The lowest BCUT2D eigenvalue weighted by Gasteiger charge is -2.15. The molecule has 1 amide bonds. The van der Waals surface area contributed by atoms with Gasteiger partial charge in [-0.25, -0.2) is 0 Å². The highest BCUT2D eigenvalue weighted by Crippen LogP contribution is 2.30. The molecule has 0 radical (unpaired) electrons. The summed E-state index contributed by atoms with van der Waals surface area (Å²) in [5.41, 5.74) is 6.46. The smallest absolute Gasteiger partial charge is 0.241 e. The first-order chi connectivity index (χ1) is 11.6. The van der Waals surface area contributed by atoms with E-state index in [0.29, 0.717) is 30.2 Å². The summed E-state index contributed by atoms with van der Waals surface area (Å²) < 4.78 is 11.3. The molecule has 0 spiro atoms. The minimum Gasteiger partial charge on any atom is -0.494 e. The van der Waals surface area contributed by atoms with E-state index in [2.05, 4.69) is 5.32 Å². The number of hydrogen-bond donors (Lipinski definition) is 2. The molecule has 0 aliphatic heterocycles. The molecule has 0 fully saturated rings. The summed E-state index contributed by atoms with van der Waals surface area (Å²) >= 11 is 0. The number of hydrogen-bond acceptors (Lipinski definition) is 4. The number of nitrogens with two attached hydrogens (primary N) is 1. The Morgan fingerprint density at radius 3 is 2.42 bits per heavy atom. The van der Waals surface area contributed by atoms with Gasteiger partial charge in [0, 0.05) is 0 Å². The molecule has 0 aliphatic carbocycles.